The highest BCUT2D eigenvalue weighted by Crippen LogP contribution is 2.29. The normalized spacial score (nSPS) is 11.0. The molecule has 35 heavy (non-hydrogen) atoms. The molecule has 0 saturated carbocycles. The van der Waals surface area contributed by atoms with Gasteiger partial charge in [0.1, 0.15) is 17.0 Å². The second kappa shape index (κ2) is 10.4. The van der Waals surface area contributed by atoms with Gasteiger partial charge in [0.15, 0.2) is 17.1 Å². The molecule has 0 radical (unpaired) electrons. The van der Waals surface area contributed by atoms with Crippen LogP contribution in [0.25, 0.3) is 16.9 Å². The van der Waals surface area contributed by atoms with E-state index in [9.17, 15) is 13.6 Å². The van der Waals surface area contributed by atoms with E-state index >= 15 is 0 Å². The van der Waals surface area contributed by atoms with Gasteiger partial charge in [-0.25, -0.2) is 18.3 Å². The number of nitrogens with zero attached hydrogens (tertiary/aromatic N) is 3. The second-order valence-corrected chi connectivity index (χ2v) is 7.58. The Morgan fingerprint density at radius 2 is 1.74 bits per heavy atom. The number of hydrogen-bond donors (Lipinski definition) is 1. The van der Waals surface area contributed by atoms with Gasteiger partial charge in [0.25, 0.3) is 12.3 Å². The Kier molecular flexibility index (Phi) is 7.09. The molecule has 0 aliphatic rings. The number of aromatic nitrogens is 3. The molecule has 1 amide bonds. The van der Waals surface area contributed by atoms with Crippen molar-refractivity contribution in [1.29, 1.82) is 0 Å². The van der Waals surface area contributed by atoms with Crippen LogP contribution in [0.2, 0.25) is 0 Å². The van der Waals surface area contributed by atoms with Crippen LogP contribution in [0.5, 0.6) is 17.2 Å². The summed E-state index contributed by atoms with van der Waals surface area (Å²) in [4.78, 5) is 17.4. The fraction of sp³-hybridized carbons (Fsp3) is 0.240. The number of hydrogen-bond acceptors (Lipinski definition) is 6. The second-order valence-electron chi connectivity index (χ2n) is 7.58. The maximum atomic E-state index is 13.8. The number of alkyl halides is 2. The highest BCUT2D eigenvalue weighted by molar-refractivity contribution is 5.99. The molecule has 0 bridgehead atoms. The van der Waals surface area contributed by atoms with Gasteiger partial charge in [0, 0.05) is 12.1 Å². The molecule has 4 aromatic rings. The van der Waals surface area contributed by atoms with Crippen molar-refractivity contribution in [3.63, 3.8) is 0 Å². The summed E-state index contributed by atoms with van der Waals surface area (Å²) in [7, 11) is 4.65. The van der Waals surface area contributed by atoms with E-state index in [2.05, 4.69) is 15.4 Å². The predicted octanol–water partition coefficient (Wildman–Crippen LogP) is 4.33. The highest BCUT2D eigenvalue weighted by Gasteiger charge is 2.21. The molecule has 0 aliphatic heterocycles. The van der Waals surface area contributed by atoms with Crippen molar-refractivity contribution < 1.29 is 27.8 Å². The number of halogens is 2. The van der Waals surface area contributed by atoms with Crippen LogP contribution in [0.4, 0.5) is 8.78 Å². The van der Waals surface area contributed by atoms with Gasteiger partial charge in [-0.05, 0) is 54.4 Å². The number of carbonyl (C=O) groups is 1. The molecule has 8 nitrogen and oxygen atoms in total. The van der Waals surface area contributed by atoms with Crippen LogP contribution >= 0.6 is 0 Å². The number of carbonyl (C=O) groups excluding carboxylic acids is 1. The van der Waals surface area contributed by atoms with Gasteiger partial charge >= 0.3 is 0 Å². The zero-order valence-electron chi connectivity index (χ0n) is 19.4. The minimum atomic E-state index is -2.81. The average Bonchev–Trinajstić information content (AvgIpc) is 3.32. The van der Waals surface area contributed by atoms with Crippen LogP contribution in [-0.4, -0.2) is 48.4 Å². The molecule has 4 rings (SSSR count). The smallest absolute Gasteiger partial charge is 0.280 e. The number of nitrogens with one attached hydrogen (secondary N) is 1. The van der Waals surface area contributed by atoms with Gasteiger partial charge in [-0.2, -0.15) is 5.10 Å². The monoisotopic (exact) mass is 482 g/mol. The fourth-order valence-electron chi connectivity index (χ4n) is 3.66. The number of methoxy groups -OCH3 is 3. The fourth-order valence-corrected chi connectivity index (χ4v) is 3.66. The van der Waals surface area contributed by atoms with E-state index in [1.165, 1.54) is 19.4 Å². The van der Waals surface area contributed by atoms with E-state index in [0.717, 1.165) is 10.1 Å². The Morgan fingerprint density at radius 1 is 1.00 bits per heavy atom. The lowest BCUT2D eigenvalue weighted by Gasteiger charge is -2.10. The molecule has 2 aromatic heterocycles. The quantitative estimate of drug-likeness (QED) is 0.382. The molecule has 2 aromatic carbocycles. The van der Waals surface area contributed by atoms with Crippen LogP contribution in [0.1, 0.15) is 28.0 Å². The Balaban J connectivity index is 1.57. The maximum absolute atomic E-state index is 13.8. The first-order chi connectivity index (χ1) is 16.9. The SMILES string of the molecule is COc1ccc(-c2cc(C(F)F)n3ncc(C(=O)NCCc4ccc(OC)c(OC)c4)c3n2)cc1. The molecule has 0 spiro atoms. The van der Waals surface area contributed by atoms with Crippen LogP contribution < -0.4 is 19.5 Å². The Labute approximate surface area is 200 Å². The summed E-state index contributed by atoms with van der Waals surface area (Å²) >= 11 is 0. The zero-order chi connectivity index (χ0) is 24.9. The predicted molar refractivity (Wildman–Crippen MR) is 126 cm³/mol. The van der Waals surface area contributed by atoms with Crippen molar-refractivity contribution in [3.8, 4) is 28.5 Å². The van der Waals surface area contributed by atoms with Gasteiger partial charge in [-0.1, -0.05) is 6.07 Å². The van der Waals surface area contributed by atoms with E-state index in [1.54, 1.807) is 44.6 Å². The average molecular weight is 482 g/mol. The summed E-state index contributed by atoms with van der Waals surface area (Å²) in [6.07, 6.45) is -1.03. The van der Waals surface area contributed by atoms with E-state index < -0.39 is 12.3 Å². The lowest BCUT2D eigenvalue weighted by Crippen LogP contribution is -2.25. The molecule has 10 heteroatoms. The van der Waals surface area contributed by atoms with Crippen molar-refractivity contribution in [1.82, 2.24) is 19.9 Å². The maximum Gasteiger partial charge on any atom is 0.280 e. The highest BCUT2D eigenvalue weighted by atomic mass is 19.3. The van der Waals surface area contributed by atoms with Crippen molar-refractivity contribution >= 4 is 11.6 Å². The lowest BCUT2D eigenvalue weighted by atomic mass is 10.1. The van der Waals surface area contributed by atoms with Gasteiger partial charge in [0.05, 0.1) is 33.2 Å². The number of ether oxygens (including phenoxy) is 3. The third kappa shape index (κ3) is 5.01. The van der Waals surface area contributed by atoms with Crippen molar-refractivity contribution in [2.24, 2.45) is 0 Å². The molecule has 0 saturated heterocycles. The Hall–Kier alpha value is -4.21. The summed E-state index contributed by atoms with van der Waals surface area (Å²) in [5.41, 5.74) is 1.64. The third-order valence-corrected chi connectivity index (χ3v) is 5.50. The molecule has 0 aliphatic carbocycles. The zero-order valence-corrected chi connectivity index (χ0v) is 19.4. The van der Waals surface area contributed by atoms with Gasteiger partial charge in [-0.3, -0.25) is 4.79 Å². The van der Waals surface area contributed by atoms with Crippen LogP contribution in [-0.2, 0) is 6.42 Å². The summed E-state index contributed by atoms with van der Waals surface area (Å²) < 4.78 is 44.3. The Bertz CT molecular complexity index is 1340. The van der Waals surface area contributed by atoms with Crippen molar-refractivity contribution in [2.45, 2.75) is 12.8 Å². The summed E-state index contributed by atoms with van der Waals surface area (Å²) in [6.45, 7) is 0.311. The van der Waals surface area contributed by atoms with Gasteiger partial charge in [-0.15, -0.1) is 0 Å². The number of fused-ring (bicyclic) bond motifs is 1. The van der Waals surface area contributed by atoms with E-state index in [4.69, 9.17) is 14.2 Å². The minimum Gasteiger partial charge on any atom is -0.497 e. The molecular formula is C25H24F2N4O4. The summed E-state index contributed by atoms with van der Waals surface area (Å²) in [6, 6.07) is 13.6. The summed E-state index contributed by atoms with van der Waals surface area (Å²) in [5.74, 6) is 1.37. The minimum absolute atomic E-state index is 0.0530. The Morgan fingerprint density at radius 3 is 2.40 bits per heavy atom. The lowest BCUT2D eigenvalue weighted by molar-refractivity contribution is 0.0955. The van der Waals surface area contributed by atoms with E-state index in [0.29, 0.717) is 41.5 Å². The standard InChI is InChI=1S/C25H24F2N4O4/c1-33-17-7-5-16(6-8-17)19-13-20(23(26)27)31-24(30-19)18(14-29-31)25(32)28-11-10-15-4-9-21(34-2)22(12-15)35-3/h4-9,12-14,23H,10-11H2,1-3H3,(H,28,32). The first kappa shape index (κ1) is 23.9. The van der Waals surface area contributed by atoms with E-state index in [-0.39, 0.29) is 16.9 Å². The van der Waals surface area contributed by atoms with Crippen molar-refractivity contribution in [3.05, 3.63) is 71.5 Å². The molecule has 0 unspecified atom stereocenters. The molecule has 2 heterocycles. The van der Waals surface area contributed by atoms with Crippen LogP contribution in [0.15, 0.2) is 54.7 Å². The third-order valence-electron chi connectivity index (χ3n) is 5.50. The van der Waals surface area contributed by atoms with Crippen LogP contribution in [0.3, 0.4) is 0 Å². The number of rotatable bonds is 9. The topological polar surface area (TPSA) is 87.0 Å². The van der Waals surface area contributed by atoms with Crippen LogP contribution in [0, 0.1) is 0 Å². The first-order valence-electron chi connectivity index (χ1n) is 10.8. The molecule has 1 N–H and O–H groups in total. The summed E-state index contributed by atoms with van der Waals surface area (Å²) in [5, 5.41) is 6.80. The number of benzene rings is 2. The van der Waals surface area contributed by atoms with Crippen molar-refractivity contribution in [2.75, 3.05) is 27.9 Å². The first-order valence-corrected chi connectivity index (χ1v) is 10.8. The van der Waals surface area contributed by atoms with E-state index in [1.807, 2.05) is 12.1 Å². The molecule has 0 fully saturated rings. The molecule has 0 atom stereocenters. The van der Waals surface area contributed by atoms with Gasteiger partial charge < -0.3 is 19.5 Å². The molecule has 182 valence electrons. The van der Waals surface area contributed by atoms with Gasteiger partial charge in [0.2, 0.25) is 0 Å². The molecular weight excluding hydrogens is 458 g/mol. The largest absolute Gasteiger partial charge is 0.497 e. The number of amides is 1.